The standard InChI is InChI=1S/C13H16N6O2/c1-7-5-15-10(8(2)11(7)19(20)21)6-18-12(9-3-4-9)13(14)16-17-18/h5,9H,3-4,6,14H2,1-2H3. The maximum absolute atomic E-state index is 11.2. The highest BCUT2D eigenvalue weighted by molar-refractivity contribution is 5.47. The van der Waals surface area contributed by atoms with Crippen LogP contribution >= 0.6 is 0 Å². The van der Waals surface area contributed by atoms with E-state index in [1.165, 1.54) is 6.20 Å². The summed E-state index contributed by atoms with van der Waals surface area (Å²) in [4.78, 5) is 15.1. The molecular weight excluding hydrogens is 272 g/mol. The van der Waals surface area contributed by atoms with Gasteiger partial charge in [0.05, 0.1) is 28.4 Å². The number of hydrogen-bond donors (Lipinski definition) is 1. The highest BCUT2D eigenvalue weighted by atomic mass is 16.6. The van der Waals surface area contributed by atoms with Crippen molar-refractivity contribution in [3.8, 4) is 0 Å². The fraction of sp³-hybridized carbons (Fsp3) is 0.462. The smallest absolute Gasteiger partial charge is 0.278 e. The molecule has 1 aliphatic carbocycles. The van der Waals surface area contributed by atoms with Crippen molar-refractivity contribution >= 4 is 11.5 Å². The molecule has 0 atom stereocenters. The summed E-state index contributed by atoms with van der Waals surface area (Å²) >= 11 is 0. The topological polar surface area (TPSA) is 113 Å². The molecule has 0 unspecified atom stereocenters. The summed E-state index contributed by atoms with van der Waals surface area (Å²) in [6.45, 7) is 3.75. The number of nitro groups is 1. The van der Waals surface area contributed by atoms with Gasteiger partial charge in [0.15, 0.2) is 5.82 Å². The van der Waals surface area contributed by atoms with Crippen LogP contribution in [0.5, 0.6) is 0 Å². The lowest BCUT2D eigenvalue weighted by Crippen LogP contribution is -2.11. The fourth-order valence-electron chi connectivity index (χ4n) is 2.57. The number of hydrogen-bond acceptors (Lipinski definition) is 6. The molecule has 0 saturated heterocycles. The molecule has 8 nitrogen and oxygen atoms in total. The van der Waals surface area contributed by atoms with Gasteiger partial charge in [-0.05, 0) is 26.7 Å². The van der Waals surface area contributed by atoms with E-state index in [0.717, 1.165) is 18.5 Å². The van der Waals surface area contributed by atoms with E-state index < -0.39 is 0 Å². The van der Waals surface area contributed by atoms with Crippen LogP contribution in [-0.4, -0.2) is 24.9 Å². The van der Waals surface area contributed by atoms with E-state index in [1.807, 2.05) is 0 Å². The van der Waals surface area contributed by atoms with E-state index in [-0.39, 0.29) is 10.6 Å². The third kappa shape index (κ3) is 2.32. The van der Waals surface area contributed by atoms with E-state index in [0.29, 0.717) is 35.1 Å². The van der Waals surface area contributed by atoms with Crippen molar-refractivity contribution < 1.29 is 4.92 Å². The van der Waals surface area contributed by atoms with Gasteiger partial charge in [-0.15, -0.1) is 5.10 Å². The average Bonchev–Trinajstić information content (AvgIpc) is 3.18. The van der Waals surface area contributed by atoms with Crippen LogP contribution in [0.3, 0.4) is 0 Å². The van der Waals surface area contributed by atoms with Crippen LogP contribution in [0.1, 0.15) is 41.3 Å². The zero-order chi connectivity index (χ0) is 15.1. The summed E-state index contributed by atoms with van der Waals surface area (Å²) in [6, 6.07) is 0. The maximum atomic E-state index is 11.2. The molecule has 0 radical (unpaired) electrons. The highest BCUT2D eigenvalue weighted by Gasteiger charge is 2.31. The Balaban J connectivity index is 1.99. The van der Waals surface area contributed by atoms with Crippen LogP contribution < -0.4 is 5.73 Å². The van der Waals surface area contributed by atoms with E-state index in [4.69, 9.17) is 5.73 Å². The Morgan fingerprint density at radius 2 is 2.19 bits per heavy atom. The van der Waals surface area contributed by atoms with Crippen molar-refractivity contribution in [2.24, 2.45) is 0 Å². The first-order chi connectivity index (χ1) is 9.99. The van der Waals surface area contributed by atoms with Gasteiger partial charge in [-0.3, -0.25) is 15.1 Å². The van der Waals surface area contributed by atoms with Crippen LogP contribution in [0, 0.1) is 24.0 Å². The maximum Gasteiger partial charge on any atom is 0.278 e. The molecule has 110 valence electrons. The van der Waals surface area contributed by atoms with Crippen molar-refractivity contribution in [3.05, 3.63) is 38.8 Å². The molecule has 1 aliphatic rings. The lowest BCUT2D eigenvalue weighted by atomic mass is 10.1. The first-order valence-electron chi connectivity index (χ1n) is 6.77. The first-order valence-corrected chi connectivity index (χ1v) is 6.77. The van der Waals surface area contributed by atoms with E-state index in [1.54, 1.807) is 18.5 Å². The van der Waals surface area contributed by atoms with Gasteiger partial charge < -0.3 is 5.73 Å². The second kappa shape index (κ2) is 4.80. The van der Waals surface area contributed by atoms with Crippen molar-refractivity contribution in [1.82, 2.24) is 20.0 Å². The molecule has 0 bridgehead atoms. The lowest BCUT2D eigenvalue weighted by Gasteiger charge is -2.09. The summed E-state index contributed by atoms with van der Waals surface area (Å²) < 4.78 is 1.71. The molecule has 2 N–H and O–H groups in total. The Hall–Kier alpha value is -2.51. The quantitative estimate of drug-likeness (QED) is 0.676. The molecule has 0 aliphatic heterocycles. The van der Waals surface area contributed by atoms with E-state index >= 15 is 0 Å². The molecular formula is C13H16N6O2. The molecule has 1 fully saturated rings. The number of aryl methyl sites for hydroxylation is 1. The fourth-order valence-corrected chi connectivity index (χ4v) is 2.57. The molecule has 3 rings (SSSR count). The van der Waals surface area contributed by atoms with Gasteiger partial charge in [0.25, 0.3) is 5.69 Å². The van der Waals surface area contributed by atoms with Crippen LogP contribution in [-0.2, 0) is 6.54 Å². The lowest BCUT2D eigenvalue weighted by molar-refractivity contribution is -0.386. The largest absolute Gasteiger partial charge is 0.381 e. The predicted molar refractivity (Wildman–Crippen MR) is 75.9 cm³/mol. The van der Waals surface area contributed by atoms with Gasteiger partial charge in [0.1, 0.15) is 0 Å². The number of nitrogen functional groups attached to an aromatic ring is 1. The molecule has 1 saturated carbocycles. The molecule has 21 heavy (non-hydrogen) atoms. The Labute approximate surface area is 121 Å². The number of aromatic nitrogens is 4. The van der Waals surface area contributed by atoms with Gasteiger partial charge in [-0.2, -0.15) is 0 Å². The number of pyridine rings is 1. The molecule has 8 heteroatoms. The molecule has 2 aromatic rings. The minimum atomic E-state index is -0.368. The van der Waals surface area contributed by atoms with E-state index in [9.17, 15) is 10.1 Å². The number of nitrogens with two attached hydrogens (primary N) is 1. The zero-order valence-corrected chi connectivity index (χ0v) is 11.9. The summed E-state index contributed by atoms with van der Waals surface area (Å²) in [5.74, 6) is 0.845. The third-order valence-electron chi connectivity index (χ3n) is 3.82. The van der Waals surface area contributed by atoms with Gasteiger partial charge in [-0.25, -0.2) is 4.68 Å². The molecule has 0 spiro atoms. The molecule has 2 heterocycles. The predicted octanol–water partition coefficient (Wildman–Crippen LogP) is 1.71. The second-order valence-electron chi connectivity index (χ2n) is 5.41. The van der Waals surface area contributed by atoms with Crippen molar-refractivity contribution in [1.29, 1.82) is 0 Å². The Morgan fingerprint density at radius 1 is 1.48 bits per heavy atom. The first kappa shape index (κ1) is 13.5. The number of anilines is 1. The van der Waals surface area contributed by atoms with Gasteiger partial charge in [0.2, 0.25) is 0 Å². The Kier molecular flexibility index (Phi) is 3.08. The summed E-state index contributed by atoms with van der Waals surface area (Å²) in [6.07, 6.45) is 3.69. The van der Waals surface area contributed by atoms with Crippen molar-refractivity contribution in [2.45, 2.75) is 39.2 Å². The highest BCUT2D eigenvalue weighted by Crippen LogP contribution is 2.42. The molecule has 0 aromatic carbocycles. The Bertz CT molecular complexity index is 720. The Morgan fingerprint density at radius 3 is 2.81 bits per heavy atom. The monoisotopic (exact) mass is 288 g/mol. The van der Waals surface area contributed by atoms with E-state index in [2.05, 4.69) is 15.3 Å². The molecule has 0 amide bonds. The number of nitrogens with zero attached hydrogens (tertiary/aromatic N) is 5. The normalized spacial score (nSPS) is 14.4. The summed E-state index contributed by atoms with van der Waals surface area (Å²) in [7, 11) is 0. The van der Waals surface area contributed by atoms with Gasteiger partial charge in [-0.1, -0.05) is 5.21 Å². The zero-order valence-electron chi connectivity index (χ0n) is 11.9. The minimum absolute atomic E-state index is 0.112. The summed E-state index contributed by atoms with van der Waals surface area (Å²) in [5, 5.41) is 19.1. The second-order valence-corrected chi connectivity index (χ2v) is 5.41. The average molecular weight is 288 g/mol. The van der Waals surface area contributed by atoms with Crippen LogP contribution in [0.4, 0.5) is 11.5 Å². The van der Waals surface area contributed by atoms with Gasteiger partial charge in [0, 0.05) is 17.7 Å². The van der Waals surface area contributed by atoms with Crippen LogP contribution in [0.2, 0.25) is 0 Å². The van der Waals surface area contributed by atoms with Gasteiger partial charge >= 0.3 is 0 Å². The van der Waals surface area contributed by atoms with Crippen molar-refractivity contribution in [2.75, 3.05) is 5.73 Å². The summed E-state index contributed by atoms with van der Waals surface area (Å²) in [5.41, 5.74) is 8.63. The SMILES string of the molecule is Cc1cnc(Cn2nnc(N)c2C2CC2)c(C)c1[N+](=O)[O-]. The third-order valence-corrected chi connectivity index (χ3v) is 3.82. The van der Waals surface area contributed by atoms with Crippen LogP contribution in [0.25, 0.3) is 0 Å². The minimum Gasteiger partial charge on any atom is -0.381 e. The number of rotatable bonds is 4. The molecule has 2 aromatic heterocycles. The van der Waals surface area contributed by atoms with Crippen molar-refractivity contribution in [3.63, 3.8) is 0 Å². The van der Waals surface area contributed by atoms with Crippen LogP contribution in [0.15, 0.2) is 6.20 Å².